The summed E-state index contributed by atoms with van der Waals surface area (Å²) >= 11 is 0. The minimum absolute atomic E-state index is 0.162. The van der Waals surface area contributed by atoms with Crippen LogP contribution in [0.4, 0.5) is 0 Å². The Labute approximate surface area is 801 Å². The van der Waals surface area contributed by atoms with Crippen molar-refractivity contribution in [3.8, 4) is 0 Å². The Morgan fingerprint density at radius 2 is 0.586 bits per heavy atom. The van der Waals surface area contributed by atoms with E-state index in [0.717, 1.165) is 0 Å². The molecular formula is C90H130N6O44. The van der Waals surface area contributed by atoms with Crippen molar-refractivity contribution < 1.29 is 217 Å². The number of ether oxygens (including phenoxy) is 17. The number of aliphatic hydroxyl groups excluding tert-OH is 23. The maximum atomic E-state index is 13.4. The van der Waals surface area contributed by atoms with Gasteiger partial charge in [0, 0.05) is 74.6 Å². The second-order valence-electron chi connectivity index (χ2n) is 37.1. The number of hydrogen-bond donors (Lipinski definition) is 27. The van der Waals surface area contributed by atoms with Crippen molar-refractivity contribution >= 4 is 23.6 Å². The summed E-state index contributed by atoms with van der Waals surface area (Å²) in [7, 11) is 2.63. The average Bonchev–Trinajstić information content (AvgIpc) is 1.59. The lowest BCUT2D eigenvalue weighted by molar-refractivity contribution is -0.360. The number of rotatable bonds is 41. The van der Waals surface area contributed by atoms with Crippen molar-refractivity contribution in [1.29, 1.82) is 0 Å². The highest BCUT2D eigenvalue weighted by Crippen LogP contribution is 2.45. The molecule has 0 bridgehead atoms. The van der Waals surface area contributed by atoms with E-state index in [-0.39, 0.29) is 22.3 Å². The fourth-order valence-electron chi connectivity index (χ4n) is 17.8. The number of benzene rings is 4. The molecule has 13 rings (SSSR count). The zero-order valence-electron chi connectivity index (χ0n) is 76.9. The highest BCUT2D eigenvalue weighted by atomic mass is 16.9. The van der Waals surface area contributed by atoms with E-state index < -0.39 is 371 Å². The number of fused-ring (bicyclic) bond motifs is 3. The largest absolute Gasteiger partial charge is 0.389 e. The van der Waals surface area contributed by atoms with Gasteiger partial charge in [0.2, 0.25) is 0 Å². The summed E-state index contributed by atoms with van der Waals surface area (Å²) in [6.07, 6.45) is -79.3. The second-order valence-corrected chi connectivity index (χ2v) is 37.1. The maximum Gasteiger partial charge on any atom is 0.251 e. The first-order valence-corrected chi connectivity index (χ1v) is 45.8. The Balaban J connectivity index is 0.637. The highest BCUT2D eigenvalue weighted by molar-refractivity contribution is 5.95. The molecule has 4 amide bonds. The Morgan fingerprint density at radius 1 is 0.307 bits per heavy atom. The third-order valence-electron chi connectivity index (χ3n) is 25.6. The summed E-state index contributed by atoms with van der Waals surface area (Å²) in [5.41, 5.74) is 0.797. The molecule has 50 heteroatoms. The molecule has 784 valence electrons. The molecule has 0 aromatic heterocycles. The van der Waals surface area contributed by atoms with Gasteiger partial charge in [0.05, 0.1) is 32.0 Å². The number of nitrogens with one attached hydrogen (secondary N) is 4. The van der Waals surface area contributed by atoms with Crippen molar-refractivity contribution in [3.05, 3.63) is 144 Å². The normalized spacial score (nSPS) is 38.3. The summed E-state index contributed by atoms with van der Waals surface area (Å²) in [5.74, 6) is -4.86. The van der Waals surface area contributed by atoms with E-state index in [1.165, 1.54) is 72.4 Å². The summed E-state index contributed by atoms with van der Waals surface area (Å²) in [6.45, 7) is -0.313. The van der Waals surface area contributed by atoms with Crippen LogP contribution >= 0.6 is 0 Å². The van der Waals surface area contributed by atoms with Gasteiger partial charge in [-0.2, -0.15) is 0 Å². The van der Waals surface area contributed by atoms with Crippen molar-refractivity contribution in [3.63, 3.8) is 0 Å². The summed E-state index contributed by atoms with van der Waals surface area (Å²) < 4.78 is 103. The van der Waals surface area contributed by atoms with Crippen LogP contribution in [0.5, 0.6) is 0 Å². The molecule has 0 unspecified atom stereocenters. The van der Waals surface area contributed by atoms with Crippen molar-refractivity contribution in [2.45, 2.75) is 303 Å². The molecule has 0 radical (unpaired) electrons. The van der Waals surface area contributed by atoms with Gasteiger partial charge in [-0.15, -0.1) is 0 Å². The van der Waals surface area contributed by atoms with E-state index in [2.05, 4.69) is 21.3 Å². The van der Waals surface area contributed by atoms with E-state index in [1.54, 1.807) is 100 Å². The predicted octanol–water partition coefficient (Wildman–Crippen LogP) is -12.2. The quantitative estimate of drug-likeness (QED) is 0.0196. The maximum absolute atomic E-state index is 13.4. The number of carbonyl (C=O) groups excluding carboxylic acids is 4. The van der Waals surface area contributed by atoms with Crippen LogP contribution in [0.25, 0.3) is 0 Å². The summed E-state index contributed by atoms with van der Waals surface area (Å²) in [6, 6.07) is 31.3. The van der Waals surface area contributed by atoms with E-state index in [9.17, 15) is 137 Å². The lowest BCUT2D eigenvalue weighted by Crippen LogP contribution is -2.66. The van der Waals surface area contributed by atoms with Gasteiger partial charge in [-0.3, -0.25) is 19.2 Å². The Kier molecular flexibility index (Phi) is 38.3. The number of amides is 4. The number of nitrogens with zero attached hydrogens (tertiary/aromatic N) is 2. The molecule has 27 N–H and O–H groups in total. The molecule has 9 saturated heterocycles. The molecule has 43 atom stereocenters. The van der Waals surface area contributed by atoms with Crippen molar-refractivity contribution in [2.75, 3.05) is 86.3 Å². The molecule has 9 fully saturated rings. The van der Waals surface area contributed by atoms with Crippen LogP contribution in [0, 0.1) is 0 Å². The summed E-state index contributed by atoms with van der Waals surface area (Å²) in [5, 5.41) is 273. The Morgan fingerprint density at radius 3 is 0.957 bits per heavy atom. The first kappa shape index (κ1) is 110. The van der Waals surface area contributed by atoms with Crippen LogP contribution in [0.2, 0.25) is 0 Å². The molecular weight excluding hydrogens is 1870 g/mol. The predicted molar refractivity (Wildman–Crippen MR) is 465 cm³/mol. The van der Waals surface area contributed by atoms with Gasteiger partial charge >= 0.3 is 0 Å². The van der Waals surface area contributed by atoms with Crippen LogP contribution in [0.3, 0.4) is 0 Å². The van der Waals surface area contributed by atoms with Gasteiger partial charge in [0.15, 0.2) is 55.6 Å². The van der Waals surface area contributed by atoms with Gasteiger partial charge < -0.3 is 229 Å². The Hall–Kier alpha value is -6.92. The zero-order valence-corrected chi connectivity index (χ0v) is 76.9. The molecule has 9 aliphatic heterocycles. The lowest BCUT2D eigenvalue weighted by atomic mass is 9.95. The average molecular weight is 2000 g/mol. The first-order valence-electron chi connectivity index (χ1n) is 45.8. The molecule has 9 aliphatic rings. The fourth-order valence-corrected chi connectivity index (χ4v) is 17.8. The number of carbonyl (C=O) groups is 4. The number of likely N-dealkylation sites (N-methyl/N-ethyl adjacent to an activating group) is 2. The van der Waals surface area contributed by atoms with Gasteiger partial charge in [-0.25, -0.2) is 0 Å². The molecule has 4 aromatic carbocycles. The van der Waals surface area contributed by atoms with Crippen molar-refractivity contribution in [2.24, 2.45) is 0 Å². The second kappa shape index (κ2) is 48.6. The van der Waals surface area contributed by atoms with Crippen LogP contribution in [-0.2, 0) is 80.5 Å². The van der Waals surface area contributed by atoms with E-state index in [4.69, 9.17) is 80.5 Å². The van der Waals surface area contributed by atoms with Crippen LogP contribution < -0.4 is 21.3 Å². The molecule has 50 nitrogen and oxygen atoms in total. The zero-order chi connectivity index (χ0) is 101. The Bertz CT molecular complexity index is 4530. The van der Waals surface area contributed by atoms with Gasteiger partial charge in [0.1, 0.15) is 208 Å². The third kappa shape index (κ3) is 26.7. The first-order chi connectivity index (χ1) is 66.4. The molecule has 0 spiro atoms. The minimum atomic E-state index is -2.33. The highest BCUT2D eigenvalue weighted by Gasteiger charge is 2.63. The number of hydrogen-bond acceptors (Lipinski definition) is 46. The topological polar surface area (TPSA) is 745 Å². The van der Waals surface area contributed by atoms with E-state index in [1.807, 2.05) is 0 Å². The molecule has 140 heavy (non-hydrogen) atoms. The standard InChI is InChI=1S/C90H130N6O44/c1-89(2)137-75-52(133-88-77(76(75)138-89)139-90(3,4)140-88)37-126-84-71(119)65(113)74(51(132-84)34-96(6)32-43(98)54(102)56(104)45(100)36-125-83-70(118)64(112)73(49(130-83)30-94-81(123)41-25-17-10-18-26-41)135-86-67(115)61(109)58(106)47(128-86)28-92-79(121)39-21-13-8-14-22-39)136-87-68(116)62(110)59(107)50(131-87)33-95(5)31-42(97)53(101)55(103)44(99)35-124-82-69(117)63(111)72(48(129-82)29-93-80(122)40-23-15-9-16-24-40)134-85-66(114)60(108)57(105)46(127-85)27-91-78(120)38-19-11-7-12-20-38/h7-26,42-77,82-88,97-119H,27-37H2,1-6H3,(H,91,120)(H,92,121)(H,93,122)(H,94,123)/t42-,43-,44+,45+,46+,47+,48+,49+,50+,51+,52+,53+,54+,55-,56-,57+,58+,59+,60-,61-,62-,63+,64+,65+,66+,67+,68+,69+,70+,71+,72+,73+,74+,75-,76-,77+,82+,83+,84+,85+,86+,87+,88+/m0/s1. The fraction of sp³-hybridized carbons (Fsp3) is 0.689. The van der Waals surface area contributed by atoms with Crippen LogP contribution in [-0.4, -0.2) is 512 Å². The smallest absolute Gasteiger partial charge is 0.251 e. The van der Waals surface area contributed by atoms with Gasteiger partial charge in [-0.05, 0) is 90.3 Å². The molecule has 4 aromatic rings. The monoisotopic (exact) mass is 2000 g/mol. The van der Waals surface area contributed by atoms with E-state index >= 15 is 0 Å². The van der Waals surface area contributed by atoms with Gasteiger partial charge in [0.25, 0.3) is 23.6 Å². The number of aliphatic hydroxyl groups is 23. The van der Waals surface area contributed by atoms with Crippen LogP contribution in [0.1, 0.15) is 69.1 Å². The SMILES string of the molecule is CN(C[C@H](O)[C@@H](O)[C@@H](O)[C@H](O)CO[C@@H]1O[C@H](CNC(=O)c2ccccc2)[C@@H](O[C@H]2O[C@H](CNC(=O)c3ccccc3)[C@@H](O)[C@H](O)[C@H]2O)[C@H](O)[C@H]1O)C[C@H]1O[C@H](O[C@H]2[C@H](O)[C@@H](O)[C@H](OC[C@H]3O[C@@H]4OC(C)(C)O[C@@H]4[C@H]4OC(C)(C)O[C@H]43)O[C@@H]2CN(C)C[C@H](O)[C@@H](O)[C@@H](O)[C@H](O)CO[C@@H]2O[C@H](CNC(=O)c3ccccc3)[C@@H](O[C@H]3O[C@H](CNC(=O)c4ccccc4)[C@@H](O)[C@H](O)[C@H]3O)[C@H](O)[C@H]2O)[C@H](O)[C@@H](O)[C@@H]1O. The summed E-state index contributed by atoms with van der Waals surface area (Å²) in [4.78, 5) is 55.0. The van der Waals surface area contributed by atoms with E-state index in [0.29, 0.717) is 0 Å². The third-order valence-corrected chi connectivity index (χ3v) is 25.6. The minimum Gasteiger partial charge on any atom is -0.389 e. The molecule has 0 aliphatic carbocycles. The van der Waals surface area contributed by atoms with Crippen LogP contribution in [0.15, 0.2) is 121 Å². The molecule has 9 heterocycles. The lowest BCUT2D eigenvalue weighted by Gasteiger charge is -2.47. The molecule has 0 saturated carbocycles. The van der Waals surface area contributed by atoms with Crippen molar-refractivity contribution in [1.82, 2.24) is 31.1 Å². The van der Waals surface area contributed by atoms with Gasteiger partial charge in [-0.1, -0.05) is 72.8 Å².